The highest BCUT2D eigenvalue weighted by molar-refractivity contribution is 9.10. The van der Waals surface area contributed by atoms with Crippen LogP contribution in [0.4, 0.5) is 0 Å². The number of hydrogen-bond donors (Lipinski definition) is 2. The van der Waals surface area contributed by atoms with Crippen LogP contribution in [0.3, 0.4) is 0 Å². The molecule has 0 radical (unpaired) electrons. The van der Waals surface area contributed by atoms with Gasteiger partial charge < -0.3 is 10.4 Å². The molecule has 0 aliphatic rings. The molecule has 0 saturated carbocycles. The molecule has 2 N–H and O–H groups in total. The van der Waals surface area contributed by atoms with Crippen molar-refractivity contribution in [3.05, 3.63) is 34.3 Å². The van der Waals surface area contributed by atoms with Crippen molar-refractivity contribution >= 4 is 56.6 Å². The first-order valence-electron chi connectivity index (χ1n) is 4.12. The van der Waals surface area contributed by atoms with Crippen LogP contribution in [0.1, 0.15) is 10.4 Å². The number of carbonyl (C=O) groups excluding carboxylic acids is 1. The lowest BCUT2D eigenvalue weighted by molar-refractivity contribution is 0.0792. The molecule has 0 saturated heterocycles. The molecular weight excluding hydrogens is 340 g/mol. The number of alkyl halides is 3. The summed E-state index contributed by atoms with van der Waals surface area (Å²) in [6, 6.07) is 6.53. The van der Waals surface area contributed by atoms with Crippen LogP contribution in [0.2, 0.25) is 0 Å². The van der Waals surface area contributed by atoms with Crippen molar-refractivity contribution in [2.45, 2.75) is 10.0 Å². The van der Waals surface area contributed by atoms with E-state index in [-0.39, 0.29) is 0 Å². The Morgan fingerprint density at radius 3 is 2.25 bits per heavy atom. The summed E-state index contributed by atoms with van der Waals surface area (Å²) in [5.41, 5.74) is 0.358. The van der Waals surface area contributed by atoms with Crippen LogP contribution in [-0.4, -0.2) is 21.0 Å². The van der Waals surface area contributed by atoms with Gasteiger partial charge in [-0.2, -0.15) is 0 Å². The highest BCUT2D eigenvalue weighted by atomic mass is 79.9. The number of nitrogens with one attached hydrogen (secondary N) is 1. The number of carbonyl (C=O) groups is 1. The number of rotatable bonds is 2. The minimum atomic E-state index is -1.95. The fourth-order valence-electron chi connectivity index (χ4n) is 0.891. The number of hydrogen-bond acceptors (Lipinski definition) is 2. The fraction of sp³-hybridized carbons (Fsp3) is 0.222. The summed E-state index contributed by atoms with van der Waals surface area (Å²) in [6.45, 7) is 0. The average Bonchev–Trinajstić information content (AvgIpc) is 2.17. The summed E-state index contributed by atoms with van der Waals surface area (Å²) in [6.07, 6.45) is -1.56. The molecule has 1 rings (SSSR count). The Hall–Kier alpha value is -0.000000000000000167. The molecule has 1 aromatic rings. The molecule has 1 aromatic carbocycles. The van der Waals surface area contributed by atoms with Crippen molar-refractivity contribution in [1.29, 1.82) is 0 Å². The highest BCUT2D eigenvalue weighted by Gasteiger charge is 2.32. The van der Waals surface area contributed by atoms with Crippen LogP contribution in [-0.2, 0) is 0 Å². The molecule has 0 aliphatic carbocycles. The van der Waals surface area contributed by atoms with E-state index in [0.29, 0.717) is 5.56 Å². The van der Waals surface area contributed by atoms with Gasteiger partial charge in [0.25, 0.3) is 5.91 Å². The molecule has 0 aliphatic heterocycles. The second kappa shape index (κ2) is 5.56. The average molecular weight is 347 g/mol. The van der Waals surface area contributed by atoms with E-state index in [2.05, 4.69) is 21.2 Å². The maximum atomic E-state index is 11.6. The third kappa shape index (κ3) is 4.11. The first-order chi connectivity index (χ1) is 7.30. The molecule has 0 bridgehead atoms. The molecular formula is C9H7BrCl3NO2. The largest absolute Gasteiger partial charge is 0.369 e. The summed E-state index contributed by atoms with van der Waals surface area (Å²) in [7, 11) is 0. The molecule has 0 fully saturated rings. The van der Waals surface area contributed by atoms with Crippen molar-refractivity contribution < 1.29 is 9.90 Å². The van der Waals surface area contributed by atoms with Gasteiger partial charge in [0, 0.05) is 10.0 Å². The van der Waals surface area contributed by atoms with E-state index >= 15 is 0 Å². The summed E-state index contributed by atoms with van der Waals surface area (Å²) < 4.78 is -1.11. The third-order valence-corrected chi connectivity index (χ3v) is 2.83. The van der Waals surface area contributed by atoms with Crippen LogP contribution in [0.25, 0.3) is 0 Å². The topological polar surface area (TPSA) is 49.3 Å². The maximum absolute atomic E-state index is 11.6. The molecule has 3 nitrogen and oxygen atoms in total. The smallest absolute Gasteiger partial charge is 0.253 e. The summed E-state index contributed by atoms with van der Waals surface area (Å²) in [4.78, 5) is 11.6. The first-order valence-corrected chi connectivity index (χ1v) is 6.04. The fourth-order valence-corrected chi connectivity index (χ4v) is 1.32. The normalized spacial score (nSPS) is 13.3. The Kier molecular flexibility index (Phi) is 4.88. The van der Waals surface area contributed by atoms with E-state index in [0.717, 1.165) is 4.47 Å². The van der Waals surface area contributed by atoms with Crippen molar-refractivity contribution in [2.75, 3.05) is 0 Å². The summed E-state index contributed by atoms with van der Waals surface area (Å²) >= 11 is 19.4. The molecule has 88 valence electrons. The van der Waals surface area contributed by atoms with Crippen LogP contribution in [0.15, 0.2) is 28.7 Å². The predicted molar refractivity (Wildman–Crippen MR) is 67.9 cm³/mol. The van der Waals surface area contributed by atoms with Crippen LogP contribution < -0.4 is 5.32 Å². The van der Waals surface area contributed by atoms with Crippen LogP contribution in [0.5, 0.6) is 0 Å². The van der Waals surface area contributed by atoms with Gasteiger partial charge in [-0.15, -0.1) is 0 Å². The van der Waals surface area contributed by atoms with E-state index in [1.807, 2.05) is 0 Å². The first kappa shape index (κ1) is 14.1. The molecule has 7 heteroatoms. The van der Waals surface area contributed by atoms with Crippen molar-refractivity contribution in [2.24, 2.45) is 0 Å². The molecule has 0 heterocycles. The van der Waals surface area contributed by atoms with Gasteiger partial charge in [0.1, 0.15) is 0 Å². The molecule has 1 unspecified atom stereocenters. The number of amides is 1. The zero-order valence-electron chi connectivity index (χ0n) is 7.75. The van der Waals surface area contributed by atoms with Gasteiger partial charge in [-0.25, -0.2) is 0 Å². The van der Waals surface area contributed by atoms with Gasteiger partial charge in [0.15, 0.2) is 6.23 Å². The minimum absolute atomic E-state index is 0.358. The summed E-state index contributed by atoms with van der Waals surface area (Å²) in [5.74, 6) is -0.522. The van der Waals surface area contributed by atoms with Gasteiger partial charge in [0.2, 0.25) is 3.79 Å². The Morgan fingerprint density at radius 2 is 1.81 bits per heavy atom. The van der Waals surface area contributed by atoms with Gasteiger partial charge in [-0.1, -0.05) is 50.7 Å². The number of halogens is 4. The van der Waals surface area contributed by atoms with Crippen LogP contribution in [0, 0.1) is 0 Å². The highest BCUT2D eigenvalue weighted by Crippen LogP contribution is 2.29. The number of benzene rings is 1. The van der Waals surface area contributed by atoms with Crippen molar-refractivity contribution in [3.63, 3.8) is 0 Å². The quantitative estimate of drug-likeness (QED) is 0.638. The molecule has 0 aromatic heterocycles. The summed E-state index contributed by atoms with van der Waals surface area (Å²) in [5, 5.41) is 11.5. The lowest BCUT2D eigenvalue weighted by atomic mass is 10.2. The van der Waals surface area contributed by atoms with Crippen molar-refractivity contribution in [1.82, 2.24) is 5.32 Å². The van der Waals surface area contributed by atoms with E-state index < -0.39 is 15.9 Å². The standard InChI is InChI=1S/C9H7BrCl3NO2/c10-6-3-1-5(2-4-6)7(15)14-8(16)9(11,12)13/h1-4,8,16H,(H,14,15). The lowest BCUT2D eigenvalue weighted by Crippen LogP contribution is -2.43. The van der Waals surface area contributed by atoms with E-state index in [4.69, 9.17) is 34.8 Å². The Balaban J connectivity index is 2.70. The maximum Gasteiger partial charge on any atom is 0.253 e. The van der Waals surface area contributed by atoms with Gasteiger partial charge >= 0.3 is 0 Å². The van der Waals surface area contributed by atoms with Gasteiger partial charge in [-0.05, 0) is 24.3 Å². The Labute approximate surface area is 116 Å². The Morgan fingerprint density at radius 1 is 1.31 bits per heavy atom. The molecule has 0 spiro atoms. The second-order valence-corrected chi connectivity index (χ2v) is 6.21. The Bertz CT molecular complexity index is 377. The monoisotopic (exact) mass is 345 g/mol. The van der Waals surface area contributed by atoms with Gasteiger partial charge in [0.05, 0.1) is 0 Å². The zero-order chi connectivity index (χ0) is 12.3. The zero-order valence-corrected chi connectivity index (χ0v) is 11.6. The SMILES string of the molecule is O=C(NC(O)C(Cl)(Cl)Cl)c1ccc(Br)cc1. The predicted octanol–water partition coefficient (Wildman–Crippen LogP) is 2.87. The third-order valence-electron chi connectivity index (χ3n) is 1.68. The lowest BCUT2D eigenvalue weighted by Gasteiger charge is -2.19. The van der Waals surface area contributed by atoms with Gasteiger partial charge in [-0.3, -0.25) is 4.79 Å². The molecule has 1 amide bonds. The molecule has 16 heavy (non-hydrogen) atoms. The van der Waals surface area contributed by atoms with Crippen molar-refractivity contribution in [3.8, 4) is 0 Å². The number of aliphatic hydroxyl groups is 1. The second-order valence-electron chi connectivity index (χ2n) is 2.92. The number of aliphatic hydroxyl groups excluding tert-OH is 1. The minimum Gasteiger partial charge on any atom is -0.369 e. The van der Waals surface area contributed by atoms with E-state index in [1.54, 1.807) is 24.3 Å². The van der Waals surface area contributed by atoms with E-state index in [9.17, 15) is 9.90 Å². The van der Waals surface area contributed by atoms with E-state index in [1.165, 1.54) is 0 Å². The molecule has 1 atom stereocenters. The van der Waals surface area contributed by atoms with Crippen LogP contribution >= 0.6 is 50.7 Å².